The van der Waals surface area contributed by atoms with Crippen LogP contribution in [-0.4, -0.2) is 152 Å². The van der Waals surface area contributed by atoms with Gasteiger partial charge in [-0.2, -0.15) is 0 Å². The van der Waals surface area contributed by atoms with Crippen molar-refractivity contribution in [1.29, 1.82) is 0 Å². The topological polar surface area (TPSA) is 289 Å². The molecule has 0 saturated carbocycles. The molecule has 0 radical (unpaired) electrons. The first-order valence-electron chi connectivity index (χ1n) is 30.9. The molecule has 11 atom stereocenters. The van der Waals surface area contributed by atoms with E-state index in [9.17, 15) is 48.3 Å². The summed E-state index contributed by atoms with van der Waals surface area (Å²) >= 11 is 13.7. The van der Waals surface area contributed by atoms with E-state index in [-0.39, 0.29) is 96.8 Å². The van der Waals surface area contributed by atoms with Crippen LogP contribution in [0.2, 0.25) is 10.0 Å². The molecule has 89 heavy (non-hydrogen) atoms. The Kier molecular flexibility index (Phi) is 27.3. The normalized spacial score (nSPS) is 24.4. The smallest absolute Gasteiger partial charge is 0.328 e. The van der Waals surface area contributed by atoms with Crippen LogP contribution in [0.1, 0.15) is 161 Å². The molecule has 2 aromatic rings. The first kappa shape index (κ1) is 73.3. The van der Waals surface area contributed by atoms with Crippen molar-refractivity contribution >= 4 is 82.1 Å². The van der Waals surface area contributed by atoms with Gasteiger partial charge in [0.25, 0.3) is 5.91 Å². The van der Waals surface area contributed by atoms with Gasteiger partial charge in [0.1, 0.15) is 52.1 Å². The molecule has 4 bridgehead atoms. The molecule has 5 rings (SSSR count). The van der Waals surface area contributed by atoms with Crippen LogP contribution < -0.4 is 26.0 Å². The minimum Gasteiger partial charge on any atom is -0.495 e. The molecule has 1 unspecified atom stereocenters. The zero-order valence-corrected chi connectivity index (χ0v) is 55.4. The molecule has 0 aromatic heterocycles. The second-order valence-corrected chi connectivity index (χ2v) is 25.5. The first-order chi connectivity index (χ1) is 41.9. The van der Waals surface area contributed by atoms with Gasteiger partial charge in [-0.15, -0.1) is 0 Å². The van der Waals surface area contributed by atoms with Crippen LogP contribution in [0.4, 0.5) is 10.5 Å². The Labute approximate surface area is 533 Å². The SMILES string of the molecule is CCC(CC)C(=O)OC(C)CCCCC(=O)C[C@H](C(=O)N[C@@H](CCCNC(N)=O)C(=O)Cc1ccc(C(=O)N(C)[C@@H](C)C(=O)O[C@H]2CC(=O)N(C)c3cc(cc(OC)c3Cl)C/C(C)=C/C=C/[C@@H](OC)[C@]3(O)CC(=O)O[C@@H](C3)[C@@H](C)[C@@H]3O[C@@]23C)c(Cl)c1)C(C)C. The van der Waals surface area contributed by atoms with Crippen LogP contribution in [-0.2, 0) is 70.1 Å². The van der Waals surface area contributed by atoms with Crippen molar-refractivity contribution in [1.82, 2.24) is 15.5 Å². The number of hydrogen-bond donors (Lipinski definition) is 4. The van der Waals surface area contributed by atoms with Gasteiger partial charge in [0, 0.05) is 65.3 Å². The van der Waals surface area contributed by atoms with Crippen molar-refractivity contribution in [2.24, 2.45) is 29.4 Å². The Morgan fingerprint density at radius 2 is 1.66 bits per heavy atom. The number of fused-ring (bicyclic) bond motifs is 5. The summed E-state index contributed by atoms with van der Waals surface area (Å²) in [5, 5.41) is 17.5. The maximum atomic E-state index is 14.5. The summed E-state index contributed by atoms with van der Waals surface area (Å²) < 4.78 is 35.4. The number of aliphatic hydroxyl groups is 1. The number of primary amides is 1. The van der Waals surface area contributed by atoms with Crippen LogP contribution in [0.3, 0.4) is 0 Å². The van der Waals surface area contributed by atoms with Gasteiger partial charge in [-0.25, -0.2) is 9.59 Å². The average Bonchev–Trinajstić information content (AvgIpc) is 1.59. The molecule has 0 spiro atoms. The molecular weight excluding hydrogens is 1190 g/mol. The van der Waals surface area contributed by atoms with Crippen LogP contribution in [0.5, 0.6) is 5.75 Å². The highest BCUT2D eigenvalue weighted by Crippen LogP contribution is 2.50. The summed E-state index contributed by atoms with van der Waals surface area (Å²) in [5.74, 6) is -5.43. The standard InChI is InChI=1S/C66H93Cl2N5O16/c1-14-44(15-2)63(81)86-39(6)21-16-17-22-45(74)33-47(37(3)4)60(78)71-49(23-19-27-70-64(69)82)51(75)31-42-25-26-46(48(67)29-42)61(79)72(10)41(8)62(80)88-55-34-56(76)73(11)50-30-43(32-52(84-12)58(50)68)28-38(5)20-18-24-54(85-13)66(83)35-53(87-57(77)36-66)40(7)59-65(55,9)89-59/h18,20,24-26,29-30,32,37,39-41,44,47,49,53-55,59,83H,14-17,19,21-23,27-28,31,33-36H2,1-13H3,(H,71,78)(H3,69,70,82)/b24-18+,38-20+/t39?,40-,41+,47+,49+,53+,54-,55+,59+,65+,66-/m1/s1. The Morgan fingerprint density at radius 3 is 2.29 bits per heavy atom. The number of halogens is 2. The van der Waals surface area contributed by atoms with Crippen molar-refractivity contribution in [2.75, 3.05) is 39.8 Å². The predicted octanol–water partition coefficient (Wildman–Crippen LogP) is 8.94. The van der Waals surface area contributed by atoms with Crippen LogP contribution >= 0.6 is 23.2 Å². The number of esters is 3. The Bertz CT molecular complexity index is 2950. The fourth-order valence-electron chi connectivity index (χ4n) is 11.6. The Hall–Kier alpha value is -6.39. The molecule has 5 N–H and O–H groups in total. The molecule has 3 heterocycles. The molecule has 3 aliphatic heterocycles. The number of nitrogens with one attached hydrogen (secondary N) is 2. The number of carbonyl (C=O) groups excluding carboxylic acids is 9. The van der Waals surface area contributed by atoms with Gasteiger partial charge in [-0.1, -0.05) is 87.7 Å². The van der Waals surface area contributed by atoms with Gasteiger partial charge >= 0.3 is 23.9 Å². The molecule has 2 aromatic carbocycles. The fourth-order valence-corrected chi connectivity index (χ4v) is 12.2. The van der Waals surface area contributed by atoms with E-state index in [0.717, 1.165) is 16.0 Å². The molecule has 5 amide bonds. The zero-order chi connectivity index (χ0) is 66.2. The third kappa shape index (κ3) is 19.8. The van der Waals surface area contributed by atoms with Crippen molar-refractivity contribution < 1.29 is 76.7 Å². The molecule has 23 heteroatoms. The van der Waals surface area contributed by atoms with Gasteiger partial charge < -0.3 is 59.7 Å². The van der Waals surface area contributed by atoms with E-state index in [1.165, 1.54) is 58.3 Å². The third-order valence-corrected chi connectivity index (χ3v) is 18.3. The first-order valence-corrected chi connectivity index (χ1v) is 31.6. The molecular formula is C66H93Cl2N5O16. The summed E-state index contributed by atoms with van der Waals surface area (Å²) in [4.78, 5) is 124. The average molecular weight is 1280 g/mol. The lowest BCUT2D eigenvalue weighted by Crippen LogP contribution is -2.53. The number of methoxy groups -OCH3 is 2. The lowest BCUT2D eigenvalue weighted by atomic mass is 9.78. The number of carbonyl (C=O) groups is 9. The fraction of sp³-hybridized carbons (Fsp3) is 0.621. The van der Waals surface area contributed by atoms with Crippen LogP contribution in [0, 0.1) is 23.7 Å². The lowest BCUT2D eigenvalue weighted by Gasteiger charge is -2.41. The molecule has 0 aliphatic carbocycles. The number of urea groups is 1. The van der Waals surface area contributed by atoms with Gasteiger partial charge in [-0.05, 0) is 120 Å². The highest BCUT2D eigenvalue weighted by Gasteiger charge is 2.64. The number of ketones is 2. The van der Waals surface area contributed by atoms with E-state index in [1.54, 1.807) is 38.1 Å². The van der Waals surface area contributed by atoms with E-state index < -0.39 is 107 Å². The summed E-state index contributed by atoms with van der Waals surface area (Å²) in [5.41, 5.74) is 4.61. The number of unbranched alkanes of at least 4 members (excludes halogenated alkanes) is 1. The summed E-state index contributed by atoms with van der Waals surface area (Å²) in [6.45, 7) is 16.3. The molecule has 492 valence electrons. The Morgan fingerprint density at radius 1 is 0.966 bits per heavy atom. The van der Waals surface area contributed by atoms with E-state index >= 15 is 0 Å². The predicted molar refractivity (Wildman–Crippen MR) is 336 cm³/mol. The molecule has 2 saturated heterocycles. The van der Waals surface area contributed by atoms with E-state index in [1.807, 2.05) is 47.6 Å². The highest BCUT2D eigenvalue weighted by molar-refractivity contribution is 6.35. The number of nitrogens with zero attached hydrogens (tertiary/aromatic N) is 2. The number of nitrogens with two attached hydrogens (primary N) is 1. The Balaban J connectivity index is 1.32. The molecule has 2 fully saturated rings. The number of likely N-dealkylation sites (N-methyl/N-ethyl adjacent to an activating group) is 1. The maximum absolute atomic E-state index is 14.5. The second kappa shape index (κ2) is 33.1. The van der Waals surface area contributed by atoms with E-state index in [2.05, 4.69) is 10.6 Å². The van der Waals surface area contributed by atoms with Crippen LogP contribution in [0.25, 0.3) is 0 Å². The van der Waals surface area contributed by atoms with Crippen molar-refractivity contribution in [3.63, 3.8) is 0 Å². The highest BCUT2D eigenvalue weighted by atomic mass is 35.5. The zero-order valence-electron chi connectivity index (χ0n) is 53.9. The molecule has 21 nitrogen and oxygen atoms in total. The number of ether oxygens (including phenoxy) is 6. The van der Waals surface area contributed by atoms with Crippen molar-refractivity contribution in [2.45, 2.75) is 206 Å². The van der Waals surface area contributed by atoms with Crippen molar-refractivity contribution in [3.8, 4) is 5.75 Å². The number of rotatable bonds is 27. The number of hydrogen-bond acceptors (Lipinski definition) is 16. The second-order valence-electron chi connectivity index (χ2n) is 24.7. The quantitative estimate of drug-likeness (QED) is 0.0281. The molecule has 3 aliphatic rings. The van der Waals surface area contributed by atoms with E-state index in [0.29, 0.717) is 55.5 Å². The minimum atomic E-state index is -1.67. The lowest BCUT2D eigenvalue weighted by molar-refractivity contribution is -0.187. The van der Waals surface area contributed by atoms with E-state index in [4.69, 9.17) is 57.4 Å². The number of amides is 5. The third-order valence-electron chi connectivity index (χ3n) is 17.6. The summed E-state index contributed by atoms with van der Waals surface area (Å²) in [6.07, 6.45) is 4.28. The number of benzene rings is 2. The number of epoxide rings is 1. The van der Waals surface area contributed by atoms with Gasteiger partial charge in [0.2, 0.25) is 11.8 Å². The van der Waals surface area contributed by atoms with Crippen molar-refractivity contribution in [3.05, 3.63) is 80.9 Å². The largest absolute Gasteiger partial charge is 0.495 e. The number of Topliss-reactive ketones (excluding diaryl/α,β-unsaturated/α-hetero) is 2. The van der Waals surface area contributed by atoms with Crippen LogP contribution in [0.15, 0.2) is 54.1 Å². The number of anilines is 1. The maximum Gasteiger partial charge on any atom is 0.328 e. The monoisotopic (exact) mass is 1280 g/mol. The minimum absolute atomic E-state index is 0.0182. The number of allylic oxidation sites excluding steroid dienone is 3. The van der Waals surface area contributed by atoms with Gasteiger partial charge in [-0.3, -0.25) is 33.6 Å². The van der Waals surface area contributed by atoms with Gasteiger partial charge in [0.15, 0.2) is 5.78 Å². The summed E-state index contributed by atoms with van der Waals surface area (Å²) in [7, 11) is 5.81. The summed E-state index contributed by atoms with van der Waals surface area (Å²) in [6, 6.07) is 4.82. The van der Waals surface area contributed by atoms with Gasteiger partial charge in [0.05, 0.1) is 60.4 Å².